The van der Waals surface area contributed by atoms with Crippen LogP contribution in [0.4, 0.5) is 0 Å². The van der Waals surface area contributed by atoms with Crippen molar-refractivity contribution in [1.82, 2.24) is 19.9 Å². The van der Waals surface area contributed by atoms with Gasteiger partial charge in [0.1, 0.15) is 0 Å². The van der Waals surface area contributed by atoms with E-state index in [1.165, 1.54) is 0 Å². The molecule has 0 aliphatic heterocycles. The molecule has 4 nitrogen and oxygen atoms in total. The molecule has 4 aromatic carbocycles. The Morgan fingerprint density at radius 1 is 0.333 bits per heavy atom. The predicted octanol–water partition coefficient (Wildman–Crippen LogP) is 9.39. The molecule has 8 aromatic rings. The molecule has 4 heteroatoms. The quantitative estimate of drug-likeness (QED) is 0.225. The first-order valence-corrected chi connectivity index (χ1v) is 14.0. The Morgan fingerprint density at radius 2 is 1.00 bits per heavy atom. The molecule has 0 unspecified atom stereocenters. The van der Waals surface area contributed by atoms with Gasteiger partial charge >= 0.3 is 0 Å². The Hall–Kier alpha value is -5.74. The molecule has 42 heavy (non-hydrogen) atoms. The minimum atomic E-state index is 0.859. The summed E-state index contributed by atoms with van der Waals surface area (Å²) < 4.78 is 0. The Labute approximate surface area is 243 Å². The SMILES string of the molecule is c1ccc(-c2ccc3ccc(-c4ccc5ccc(-c6cccc(-c7cnc8ccccc8c7)c6)cc5n4)cc3n2)nc1. The lowest BCUT2D eigenvalue weighted by atomic mass is 9.98. The van der Waals surface area contributed by atoms with Gasteiger partial charge in [-0.05, 0) is 71.3 Å². The average Bonchev–Trinajstić information content (AvgIpc) is 3.07. The molecule has 0 fully saturated rings. The number of benzene rings is 4. The van der Waals surface area contributed by atoms with Gasteiger partial charge in [0.25, 0.3) is 0 Å². The molecule has 0 atom stereocenters. The number of pyridine rings is 4. The maximum absolute atomic E-state index is 5.08. The van der Waals surface area contributed by atoms with E-state index in [-0.39, 0.29) is 0 Å². The molecular weight excluding hydrogens is 512 g/mol. The third-order valence-corrected chi connectivity index (χ3v) is 7.73. The highest BCUT2D eigenvalue weighted by Gasteiger charge is 2.09. The van der Waals surface area contributed by atoms with Gasteiger partial charge in [-0.3, -0.25) is 9.97 Å². The molecule has 8 rings (SSSR count). The molecule has 0 N–H and O–H groups in total. The molecule has 0 aliphatic rings. The summed E-state index contributed by atoms with van der Waals surface area (Å²) in [6.45, 7) is 0. The minimum Gasteiger partial charge on any atom is -0.256 e. The van der Waals surface area contributed by atoms with Gasteiger partial charge in [-0.1, -0.05) is 78.9 Å². The molecule has 0 aliphatic carbocycles. The highest BCUT2D eigenvalue weighted by atomic mass is 14.8. The second-order valence-corrected chi connectivity index (χ2v) is 10.4. The van der Waals surface area contributed by atoms with Crippen LogP contribution >= 0.6 is 0 Å². The summed E-state index contributed by atoms with van der Waals surface area (Å²) in [6, 6.07) is 46.1. The van der Waals surface area contributed by atoms with Crippen LogP contribution in [0.3, 0.4) is 0 Å². The summed E-state index contributed by atoms with van der Waals surface area (Å²) in [5, 5.41) is 3.33. The van der Waals surface area contributed by atoms with Gasteiger partial charge in [-0.25, -0.2) is 9.97 Å². The molecule has 4 heterocycles. The normalized spacial score (nSPS) is 11.3. The van der Waals surface area contributed by atoms with Crippen LogP contribution in [0.15, 0.2) is 146 Å². The highest BCUT2D eigenvalue weighted by Crippen LogP contribution is 2.31. The summed E-state index contributed by atoms with van der Waals surface area (Å²) in [7, 11) is 0. The lowest BCUT2D eigenvalue weighted by molar-refractivity contribution is 1.28. The van der Waals surface area contributed by atoms with Crippen molar-refractivity contribution >= 4 is 32.7 Å². The summed E-state index contributed by atoms with van der Waals surface area (Å²) >= 11 is 0. The second-order valence-electron chi connectivity index (χ2n) is 10.4. The van der Waals surface area contributed by atoms with Crippen LogP contribution in [0.1, 0.15) is 0 Å². The highest BCUT2D eigenvalue weighted by molar-refractivity contribution is 5.90. The molecule has 0 radical (unpaired) electrons. The molecule has 196 valence electrons. The van der Waals surface area contributed by atoms with Crippen molar-refractivity contribution in [2.75, 3.05) is 0 Å². The van der Waals surface area contributed by atoms with Crippen LogP contribution in [-0.2, 0) is 0 Å². The zero-order valence-electron chi connectivity index (χ0n) is 22.6. The molecule has 0 saturated carbocycles. The standard InChI is InChI=1S/C38H24N4/c1-2-9-33-30(6-1)21-32(24-40-33)28-8-5-7-27(20-28)29-13-11-25-15-17-34(41-37(25)22-29)31-14-12-26-16-18-36(42-38(26)23-31)35-10-3-4-19-39-35/h1-24H. The molecule has 4 aromatic heterocycles. The Balaban J connectivity index is 1.15. The fourth-order valence-corrected chi connectivity index (χ4v) is 5.50. The van der Waals surface area contributed by atoms with E-state index in [2.05, 4.69) is 107 Å². The van der Waals surface area contributed by atoms with E-state index in [4.69, 9.17) is 9.97 Å². The van der Waals surface area contributed by atoms with Crippen LogP contribution < -0.4 is 0 Å². The Bertz CT molecular complexity index is 2260. The molecule has 0 bridgehead atoms. The van der Waals surface area contributed by atoms with Gasteiger partial charge in [-0.15, -0.1) is 0 Å². The van der Waals surface area contributed by atoms with Gasteiger partial charge in [0, 0.05) is 39.7 Å². The second kappa shape index (κ2) is 10.0. The zero-order chi connectivity index (χ0) is 27.9. The minimum absolute atomic E-state index is 0.859. The molecule has 0 amide bonds. The number of rotatable bonds is 4. The number of hydrogen-bond donors (Lipinski definition) is 0. The van der Waals surface area contributed by atoms with Crippen molar-refractivity contribution in [2.24, 2.45) is 0 Å². The van der Waals surface area contributed by atoms with Gasteiger partial charge < -0.3 is 0 Å². The smallest absolute Gasteiger partial charge is 0.0893 e. The topological polar surface area (TPSA) is 51.6 Å². The largest absolute Gasteiger partial charge is 0.256 e. The van der Waals surface area contributed by atoms with Crippen molar-refractivity contribution in [3.05, 3.63) is 146 Å². The summed E-state index contributed by atoms with van der Waals surface area (Å²) in [5.74, 6) is 0. The van der Waals surface area contributed by atoms with Gasteiger partial charge in [0.05, 0.1) is 33.6 Å². The third kappa shape index (κ3) is 4.45. The van der Waals surface area contributed by atoms with E-state index in [9.17, 15) is 0 Å². The van der Waals surface area contributed by atoms with Crippen LogP contribution in [0.2, 0.25) is 0 Å². The van der Waals surface area contributed by atoms with E-state index in [0.29, 0.717) is 0 Å². The fraction of sp³-hybridized carbons (Fsp3) is 0. The fourth-order valence-electron chi connectivity index (χ4n) is 5.50. The molecule has 0 spiro atoms. The maximum atomic E-state index is 5.08. The van der Waals surface area contributed by atoms with Gasteiger partial charge in [-0.2, -0.15) is 0 Å². The van der Waals surface area contributed by atoms with Crippen molar-refractivity contribution in [2.45, 2.75) is 0 Å². The van der Waals surface area contributed by atoms with E-state index in [1.807, 2.05) is 42.6 Å². The molecular formula is C38H24N4. The number of para-hydroxylation sites is 1. The van der Waals surface area contributed by atoms with E-state index < -0.39 is 0 Å². The third-order valence-electron chi connectivity index (χ3n) is 7.73. The maximum Gasteiger partial charge on any atom is 0.0893 e. The monoisotopic (exact) mass is 536 g/mol. The predicted molar refractivity (Wildman–Crippen MR) is 172 cm³/mol. The van der Waals surface area contributed by atoms with E-state index in [0.717, 1.165) is 77.6 Å². The summed E-state index contributed by atoms with van der Waals surface area (Å²) in [4.78, 5) is 19.1. The van der Waals surface area contributed by atoms with Crippen molar-refractivity contribution in [1.29, 1.82) is 0 Å². The van der Waals surface area contributed by atoms with Gasteiger partial charge in [0.15, 0.2) is 0 Å². The van der Waals surface area contributed by atoms with E-state index in [1.54, 1.807) is 6.20 Å². The van der Waals surface area contributed by atoms with Crippen LogP contribution in [-0.4, -0.2) is 19.9 Å². The van der Waals surface area contributed by atoms with Crippen LogP contribution in [0.5, 0.6) is 0 Å². The zero-order valence-corrected chi connectivity index (χ0v) is 22.6. The first-order chi connectivity index (χ1) is 20.8. The lowest BCUT2D eigenvalue weighted by Crippen LogP contribution is -1.90. The first-order valence-electron chi connectivity index (χ1n) is 14.0. The number of nitrogens with zero attached hydrogens (tertiary/aromatic N) is 4. The van der Waals surface area contributed by atoms with E-state index >= 15 is 0 Å². The first kappa shape index (κ1) is 24.1. The van der Waals surface area contributed by atoms with Crippen molar-refractivity contribution < 1.29 is 0 Å². The van der Waals surface area contributed by atoms with Crippen LogP contribution in [0, 0.1) is 0 Å². The number of fused-ring (bicyclic) bond motifs is 3. The van der Waals surface area contributed by atoms with Gasteiger partial charge in [0.2, 0.25) is 0 Å². The van der Waals surface area contributed by atoms with Crippen molar-refractivity contribution in [3.63, 3.8) is 0 Å². The Morgan fingerprint density at radius 3 is 1.83 bits per heavy atom. The summed E-state index contributed by atoms with van der Waals surface area (Å²) in [5.41, 5.74) is 11.1. The lowest BCUT2D eigenvalue weighted by Gasteiger charge is -2.09. The van der Waals surface area contributed by atoms with Crippen LogP contribution in [0.25, 0.3) is 77.6 Å². The number of hydrogen-bond acceptors (Lipinski definition) is 4. The average molecular weight is 537 g/mol. The molecule has 0 saturated heterocycles. The number of aromatic nitrogens is 4. The van der Waals surface area contributed by atoms with Crippen molar-refractivity contribution in [3.8, 4) is 44.9 Å². The summed E-state index contributed by atoms with van der Waals surface area (Å²) in [6.07, 6.45) is 3.75. The Kier molecular flexibility index (Phi) is 5.75.